The van der Waals surface area contributed by atoms with Gasteiger partial charge in [-0.15, -0.1) is 0 Å². The Morgan fingerprint density at radius 2 is 1.74 bits per heavy atom. The highest BCUT2D eigenvalue weighted by molar-refractivity contribution is 6.21. The van der Waals surface area contributed by atoms with Crippen molar-refractivity contribution in [1.82, 2.24) is 15.1 Å². The summed E-state index contributed by atoms with van der Waals surface area (Å²) >= 11 is 0. The zero-order valence-electron chi connectivity index (χ0n) is 12.6. The maximum absolute atomic E-state index is 12.2. The van der Waals surface area contributed by atoms with Crippen LogP contribution in [0.4, 0.5) is 0 Å². The highest BCUT2D eigenvalue weighted by Gasteiger charge is 2.34. The van der Waals surface area contributed by atoms with E-state index in [1.807, 2.05) is 0 Å². The minimum atomic E-state index is -0.310. The van der Waals surface area contributed by atoms with Gasteiger partial charge in [-0.25, -0.2) is 0 Å². The summed E-state index contributed by atoms with van der Waals surface area (Å²) < 4.78 is 0. The normalized spacial score (nSPS) is 17.3. The topological polar surface area (TPSA) is 86.8 Å². The molecule has 120 valence electrons. The first-order valence-corrected chi connectivity index (χ1v) is 7.57. The lowest BCUT2D eigenvalue weighted by molar-refractivity contribution is -0.138. The van der Waals surface area contributed by atoms with Crippen molar-refractivity contribution >= 4 is 23.6 Å². The fourth-order valence-electron chi connectivity index (χ4n) is 2.84. The van der Waals surface area contributed by atoms with Crippen LogP contribution in [-0.4, -0.2) is 59.6 Å². The second kappa shape index (κ2) is 6.20. The molecular weight excluding hydrogens is 298 g/mol. The number of nitrogens with one attached hydrogen (secondary N) is 1. The summed E-state index contributed by atoms with van der Waals surface area (Å²) in [7, 11) is 0. The van der Waals surface area contributed by atoms with Gasteiger partial charge in [0.25, 0.3) is 11.8 Å². The second-order valence-electron chi connectivity index (χ2n) is 5.58. The number of rotatable bonds is 4. The first-order valence-electron chi connectivity index (χ1n) is 7.57. The second-order valence-corrected chi connectivity index (χ2v) is 5.58. The Hall–Kier alpha value is -2.70. The van der Waals surface area contributed by atoms with Crippen LogP contribution in [0, 0.1) is 0 Å². The summed E-state index contributed by atoms with van der Waals surface area (Å²) in [5, 5.41) is 2.66. The van der Waals surface area contributed by atoms with Gasteiger partial charge < -0.3 is 10.2 Å². The zero-order valence-corrected chi connectivity index (χ0v) is 12.6. The standard InChI is InChI=1S/C16H17N3O4/c20-13-10-18(9-7-17-13)14(21)6-3-8-19-15(22)11-4-1-2-5-12(11)16(19)23/h1-2,4-5H,3,6-10H2,(H,17,20). The van der Waals surface area contributed by atoms with Gasteiger partial charge in [-0.05, 0) is 18.6 Å². The van der Waals surface area contributed by atoms with Crippen molar-refractivity contribution in [3.8, 4) is 0 Å². The van der Waals surface area contributed by atoms with Crippen LogP contribution >= 0.6 is 0 Å². The Bertz CT molecular complexity index is 651. The maximum Gasteiger partial charge on any atom is 0.261 e. The Kier molecular flexibility index (Phi) is 4.10. The largest absolute Gasteiger partial charge is 0.353 e. The fraction of sp³-hybridized carbons (Fsp3) is 0.375. The van der Waals surface area contributed by atoms with E-state index >= 15 is 0 Å². The minimum Gasteiger partial charge on any atom is -0.353 e. The minimum absolute atomic E-state index is 0.0752. The van der Waals surface area contributed by atoms with Crippen molar-refractivity contribution in [3.05, 3.63) is 35.4 Å². The van der Waals surface area contributed by atoms with Gasteiger partial charge in [0.15, 0.2) is 0 Å². The van der Waals surface area contributed by atoms with Gasteiger partial charge in [0.2, 0.25) is 11.8 Å². The number of benzene rings is 1. The van der Waals surface area contributed by atoms with Crippen molar-refractivity contribution in [2.45, 2.75) is 12.8 Å². The van der Waals surface area contributed by atoms with Crippen LogP contribution in [0.25, 0.3) is 0 Å². The number of hydrogen-bond acceptors (Lipinski definition) is 4. The first-order chi connectivity index (χ1) is 11.1. The molecule has 0 radical (unpaired) electrons. The molecule has 2 aliphatic rings. The number of nitrogens with zero attached hydrogens (tertiary/aromatic N) is 2. The van der Waals surface area contributed by atoms with E-state index in [0.29, 0.717) is 30.6 Å². The maximum atomic E-state index is 12.2. The van der Waals surface area contributed by atoms with Crippen LogP contribution < -0.4 is 5.32 Å². The summed E-state index contributed by atoms with van der Waals surface area (Å²) in [6.45, 7) is 1.24. The summed E-state index contributed by atoms with van der Waals surface area (Å²) in [5.74, 6) is -0.910. The smallest absolute Gasteiger partial charge is 0.261 e. The third-order valence-electron chi connectivity index (χ3n) is 4.04. The van der Waals surface area contributed by atoms with Gasteiger partial charge in [-0.2, -0.15) is 0 Å². The van der Waals surface area contributed by atoms with E-state index in [4.69, 9.17) is 0 Å². The van der Waals surface area contributed by atoms with Gasteiger partial charge in [-0.3, -0.25) is 24.1 Å². The van der Waals surface area contributed by atoms with E-state index in [1.54, 1.807) is 24.3 Å². The molecule has 4 amide bonds. The van der Waals surface area contributed by atoms with Crippen molar-refractivity contribution in [2.24, 2.45) is 0 Å². The summed E-state index contributed by atoms with van der Waals surface area (Å²) in [6.07, 6.45) is 0.600. The monoisotopic (exact) mass is 315 g/mol. The molecule has 0 spiro atoms. The highest BCUT2D eigenvalue weighted by atomic mass is 16.2. The van der Waals surface area contributed by atoms with Crippen LogP contribution in [0.15, 0.2) is 24.3 Å². The molecule has 7 nitrogen and oxygen atoms in total. The highest BCUT2D eigenvalue weighted by Crippen LogP contribution is 2.22. The van der Waals surface area contributed by atoms with Crippen molar-refractivity contribution < 1.29 is 19.2 Å². The van der Waals surface area contributed by atoms with Crippen LogP contribution in [0.1, 0.15) is 33.6 Å². The molecule has 7 heteroatoms. The lowest BCUT2D eigenvalue weighted by Gasteiger charge is -2.26. The fourth-order valence-corrected chi connectivity index (χ4v) is 2.84. The average molecular weight is 315 g/mol. The number of fused-ring (bicyclic) bond motifs is 1. The van der Waals surface area contributed by atoms with Gasteiger partial charge in [0.1, 0.15) is 0 Å². The van der Waals surface area contributed by atoms with Crippen LogP contribution in [-0.2, 0) is 9.59 Å². The van der Waals surface area contributed by atoms with Crippen molar-refractivity contribution in [3.63, 3.8) is 0 Å². The van der Waals surface area contributed by atoms with Crippen LogP contribution in [0.3, 0.4) is 0 Å². The van der Waals surface area contributed by atoms with E-state index in [9.17, 15) is 19.2 Å². The third kappa shape index (κ3) is 2.94. The molecule has 0 aromatic heterocycles. The molecular formula is C16H17N3O4. The number of imide groups is 1. The molecule has 0 unspecified atom stereocenters. The van der Waals surface area contributed by atoms with Gasteiger partial charge in [0.05, 0.1) is 17.7 Å². The summed E-state index contributed by atoms with van der Waals surface area (Å²) in [6, 6.07) is 6.71. The lowest BCUT2D eigenvalue weighted by Crippen LogP contribution is -2.50. The lowest BCUT2D eigenvalue weighted by atomic mass is 10.1. The average Bonchev–Trinajstić information content (AvgIpc) is 2.80. The Morgan fingerprint density at radius 3 is 2.35 bits per heavy atom. The third-order valence-corrected chi connectivity index (χ3v) is 4.04. The van der Waals surface area contributed by atoms with E-state index in [-0.39, 0.29) is 43.1 Å². The van der Waals surface area contributed by atoms with Gasteiger partial charge >= 0.3 is 0 Å². The molecule has 0 atom stereocenters. The predicted molar refractivity (Wildman–Crippen MR) is 80.6 cm³/mol. The molecule has 3 rings (SSSR count). The Balaban J connectivity index is 1.54. The number of hydrogen-bond donors (Lipinski definition) is 1. The molecule has 1 saturated heterocycles. The van der Waals surface area contributed by atoms with Crippen LogP contribution in [0.2, 0.25) is 0 Å². The molecule has 23 heavy (non-hydrogen) atoms. The van der Waals surface area contributed by atoms with E-state index in [0.717, 1.165) is 0 Å². The number of carbonyl (C=O) groups excluding carboxylic acids is 4. The first kappa shape index (κ1) is 15.2. The number of amides is 4. The molecule has 2 aliphatic heterocycles. The van der Waals surface area contributed by atoms with Crippen LogP contribution in [0.5, 0.6) is 0 Å². The van der Waals surface area contributed by atoms with E-state index in [1.165, 1.54) is 9.80 Å². The molecule has 1 aromatic rings. The van der Waals surface area contributed by atoms with Crippen molar-refractivity contribution in [2.75, 3.05) is 26.2 Å². The SMILES string of the molecule is O=C1CN(C(=O)CCCN2C(=O)c3ccccc3C2=O)CCN1. The van der Waals surface area contributed by atoms with E-state index < -0.39 is 0 Å². The predicted octanol–water partition coefficient (Wildman–Crippen LogP) is 0.0212. The molecule has 0 bridgehead atoms. The molecule has 1 N–H and O–H groups in total. The number of carbonyl (C=O) groups is 4. The molecule has 1 fully saturated rings. The molecule has 1 aromatic carbocycles. The summed E-state index contributed by atoms with van der Waals surface area (Å²) in [4.78, 5) is 50.4. The quantitative estimate of drug-likeness (QED) is 0.794. The number of piperazine rings is 1. The van der Waals surface area contributed by atoms with Crippen molar-refractivity contribution in [1.29, 1.82) is 0 Å². The Labute approximate surface area is 133 Å². The molecule has 0 aliphatic carbocycles. The van der Waals surface area contributed by atoms with Gasteiger partial charge in [0, 0.05) is 26.1 Å². The Morgan fingerprint density at radius 1 is 1.09 bits per heavy atom. The molecule has 2 heterocycles. The van der Waals surface area contributed by atoms with E-state index in [2.05, 4.69) is 5.32 Å². The van der Waals surface area contributed by atoms with Gasteiger partial charge in [-0.1, -0.05) is 12.1 Å². The summed E-state index contributed by atoms with van der Waals surface area (Å²) in [5.41, 5.74) is 0.827. The molecule has 0 saturated carbocycles. The zero-order chi connectivity index (χ0) is 16.4.